The molecule has 0 atom stereocenters. The van der Waals surface area contributed by atoms with Crippen molar-refractivity contribution in [3.8, 4) is 11.5 Å². The molecule has 0 fully saturated rings. The molecule has 1 aliphatic heterocycles. The molecule has 0 aliphatic carbocycles. The first-order chi connectivity index (χ1) is 10.2. The van der Waals surface area contributed by atoms with Crippen LogP contribution in [0.3, 0.4) is 0 Å². The van der Waals surface area contributed by atoms with Gasteiger partial charge in [0.1, 0.15) is 17.3 Å². The summed E-state index contributed by atoms with van der Waals surface area (Å²) in [4.78, 5) is 11.3. The van der Waals surface area contributed by atoms with Crippen molar-refractivity contribution in [2.45, 2.75) is 19.4 Å². The van der Waals surface area contributed by atoms with Crippen LogP contribution in [-0.4, -0.2) is 5.91 Å². The monoisotopic (exact) mass is 286 g/mol. The van der Waals surface area contributed by atoms with Crippen LogP contribution in [0.1, 0.15) is 17.5 Å². The van der Waals surface area contributed by atoms with Crippen LogP contribution in [-0.2, 0) is 17.8 Å². The minimum absolute atomic E-state index is 0.0201. The van der Waals surface area contributed by atoms with Gasteiger partial charge >= 0.3 is 0 Å². The second kappa shape index (κ2) is 5.54. The number of hydrogen-bond acceptors (Lipinski definition) is 3. The van der Waals surface area contributed by atoms with Crippen molar-refractivity contribution in [1.82, 2.24) is 0 Å². The number of carbonyl (C=O) groups is 1. The van der Waals surface area contributed by atoms with Crippen molar-refractivity contribution in [2.75, 3.05) is 5.32 Å². The third-order valence-corrected chi connectivity index (χ3v) is 3.48. The average Bonchev–Trinajstić information content (AvgIpc) is 2.48. The summed E-state index contributed by atoms with van der Waals surface area (Å²) in [6.45, 7) is 0.0724. The molecule has 4 nitrogen and oxygen atoms in total. The number of carbonyl (C=O) groups excluding carboxylic acids is 1. The molecular formula is C16H15FN2O2. The van der Waals surface area contributed by atoms with Gasteiger partial charge in [-0.2, -0.15) is 0 Å². The van der Waals surface area contributed by atoms with Crippen molar-refractivity contribution < 1.29 is 13.9 Å². The van der Waals surface area contributed by atoms with Crippen LogP contribution in [0.5, 0.6) is 11.5 Å². The van der Waals surface area contributed by atoms with Crippen LogP contribution in [0.4, 0.5) is 10.1 Å². The van der Waals surface area contributed by atoms with Gasteiger partial charge in [0.2, 0.25) is 5.91 Å². The number of benzene rings is 2. The molecule has 0 aromatic heterocycles. The molecule has 1 heterocycles. The van der Waals surface area contributed by atoms with E-state index >= 15 is 0 Å². The highest BCUT2D eigenvalue weighted by Crippen LogP contribution is 2.31. The lowest BCUT2D eigenvalue weighted by Crippen LogP contribution is -2.18. The largest absolute Gasteiger partial charge is 0.457 e. The van der Waals surface area contributed by atoms with Crippen molar-refractivity contribution in [3.05, 3.63) is 53.3 Å². The Balaban J connectivity index is 1.89. The molecule has 1 aliphatic rings. The predicted octanol–water partition coefficient (Wildman–Crippen LogP) is 2.96. The van der Waals surface area contributed by atoms with Crippen molar-refractivity contribution in [1.29, 1.82) is 0 Å². The molecule has 0 spiro atoms. The first-order valence-electron chi connectivity index (χ1n) is 6.75. The summed E-state index contributed by atoms with van der Waals surface area (Å²) in [7, 11) is 0. The molecular weight excluding hydrogens is 271 g/mol. The fourth-order valence-electron chi connectivity index (χ4n) is 2.38. The van der Waals surface area contributed by atoms with Gasteiger partial charge in [0.15, 0.2) is 0 Å². The average molecular weight is 286 g/mol. The summed E-state index contributed by atoms with van der Waals surface area (Å²) in [5, 5.41) is 2.81. The summed E-state index contributed by atoms with van der Waals surface area (Å²) in [5.41, 5.74) is 7.73. The molecule has 2 aromatic carbocycles. The number of fused-ring (bicyclic) bond motifs is 1. The van der Waals surface area contributed by atoms with Gasteiger partial charge in [0.25, 0.3) is 0 Å². The lowest BCUT2D eigenvalue weighted by Gasteiger charge is -2.18. The highest BCUT2D eigenvalue weighted by atomic mass is 19.1. The van der Waals surface area contributed by atoms with Crippen LogP contribution in [0.15, 0.2) is 36.4 Å². The first-order valence-corrected chi connectivity index (χ1v) is 6.75. The highest BCUT2D eigenvalue weighted by molar-refractivity contribution is 5.94. The summed E-state index contributed by atoms with van der Waals surface area (Å²) >= 11 is 0. The molecule has 1 amide bonds. The second-order valence-electron chi connectivity index (χ2n) is 4.89. The van der Waals surface area contributed by atoms with Crippen LogP contribution < -0.4 is 15.8 Å². The molecule has 0 saturated carbocycles. The Kier molecular flexibility index (Phi) is 3.58. The van der Waals surface area contributed by atoms with Crippen LogP contribution >= 0.6 is 0 Å². The van der Waals surface area contributed by atoms with E-state index in [2.05, 4.69) is 5.32 Å². The van der Waals surface area contributed by atoms with Gasteiger partial charge in [-0.1, -0.05) is 6.07 Å². The Hall–Kier alpha value is -2.40. The maximum absolute atomic E-state index is 13.7. The molecule has 21 heavy (non-hydrogen) atoms. The van der Waals surface area contributed by atoms with Gasteiger partial charge in [0, 0.05) is 24.2 Å². The van der Waals surface area contributed by atoms with Gasteiger partial charge in [-0.3, -0.25) is 4.79 Å². The molecule has 0 unspecified atom stereocenters. The molecule has 3 N–H and O–H groups in total. The number of ether oxygens (including phenoxy) is 1. The summed E-state index contributed by atoms with van der Waals surface area (Å²) in [5.74, 6) is 0.662. The smallest absolute Gasteiger partial charge is 0.224 e. The van der Waals surface area contributed by atoms with Crippen LogP contribution in [0.2, 0.25) is 0 Å². The van der Waals surface area contributed by atoms with E-state index in [0.717, 1.165) is 11.3 Å². The first kappa shape index (κ1) is 13.6. The fourth-order valence-corrected chi connectivity index (χ4v) is 2.38. The van der Waals surface area contributed by atoms with Crippen molar-refractivity contribution in [2.24, 2.45) is 5.73 Å². The number of hydrogen-bond donors (Lipinski definition) is 2. The Morgan fingerprint density at radius 3 is 2.90 bits per heavy atom. The van der Waals surface area contributed by atoms with Gasteiger partial charge in [-0.05, 0) is 42.3 Å². The zero-order valence-corrected chi connectivity index (χ0v) is 11.4. The lowest BCUT2D eigenvalue weighted by atomic mass is 10.0. The Labute approximate surface area is 121 Å². The van der Waals surface area contributed by atoms with E-state index in [4.69, 9.17) is 10.5 Å². The number of rotatable bonds is 3. The third kappa shape index (κ3) is 2.73. The van der Waals surface area contributed by atoms with E-state index in [9.17, 15) is 9.18 Å². The van der Waals surface area contributed by atoms with Crippen LogP contribution in [0, 0.1) is 5.82 Å². The number of halogens is 1. The van der Waals surface area contributed by atoms with Crippen LogP contribution in [0.25, 0.3) is 0 Å². The highest BCUT2D eigenvalue weighted by Gasteiger charge is 2.16. The van der Waals surface area contributed by atoms with Crippen molar-refractivity contribution in [3.63, 3.8) is 0 Å². The van der Waals surface area contributed by atoms with Gasteiger partial charge < -0.3 is 15.8 Å². The van der Waals surface area contributed by atoms with E-state index in [1.54, 1.807) is 24.3 Å². The fraction of sp³-hybridized carbons (Fsp3) is 0.188. The minimum atomic E-state index is -0.375. The Morgan fingerprint density at radius 1 is 1.24 bits per heavy atom. The third-order valence-electron chi connectivity index (χ3n) is 3.48. The Morgan fingerprint density at radius 2 is 2.10 bits per heavy atom. The minimum Gasteiger partial charge on any atom is -0.457 e. The van der Waals surface area contributed by atoms with Gasteiger partial charge in [-0.15, -0.1) is 0 Å². The number of anilines is 1. The standard InChI is InChI=1S/C16H15FN2O2/c17-13-2-1-3-15(12(13)9-18)21-11-5-6-14-10(8-11)4-7-16(20)19-14/h1-3,5-6,8H,4,7,9,18H2,(H,19,20). The summed E-state index contributed by atoms with van der Waals surface area (Å²) in [6.07, 6.45) is 1.13. The predicted molar refractivity (Wildman–Crippen MR) is 77.8 cm³/mol. The van der Waals surface area contributed by atoms with E-state index in [1.807, 2.05) is 6.07 Å². The number of aryl methyl sites for hydroxylation is 1. The summed E-state index contributed by atoms with van der Waals surface area (Å²) in [6, 6.07) is 10.0. The molecule has 5 heteroatoms. The number of nitrogens with one attached hydrogen (secondary N) is 1. The maximum Gasteiger partial charge on any atom is 0.224 e. The summed E-state index contributed by atoms with van der Waals surface area (Å²) < 4.78 is 19.4. The van der Waals surface area contributed by atoms with E-state index < -0.39 is 0 Å². The molecule has 108 valence electrons. The topological polar surface area (TPSA) is 64.3 Å². The van der Waals surface area contributed by atoms with Crippen molar-refractivity contribution >= 4 is 11.6 Å². The van der Waals surface area contributed by atoms with Gasteiger partial charge in [0.05, 0.1) is 0 Å². The lowest BCUT2D eigenvalue weighted by molar-refractivity contribution is -0.116. The van der Waals surface area contributed by atoms with Gasteiger partial charge in [-0.25, -0.2) is 4.39 Å². The SMILES string of the molecule is NCc1c(F)cccc1Oc1ccc2c(c1)CCC(=O)N2. The van der Waals surface area contributed by atoms with E-state index in [-0.39, 0.29) is 18.3 Å². The maximum atomic E-state index is 13.7. The molecule has 0 saturated heterocycles. The zero-order valence-electron chi connectivity index (χ0n) is 11.4. The molecule has 3 rings (SSSR count). The molecule has 2 aromatic rings. The molecule has 0 bridgehead atoms. The number of amides is 1. The molecule has 0 radical (unpaired) electrons. The zero-order chi connectivity index (χ0) is 14.8. The second-order valence-corrected chi connectivity index (χ2v) is 4.89. The Bertz CT molecular complexity index is 701. The van der Waals surface area contributed by atoms with E-state index in [1.165, 1.54) is 6.07 Å². The quantitative estimate of drug-likeness (QED) is 0.911. The number of nitrogens with two attached hydrogens (primary N) is 1. The normalized spacial score (nSPS) is 13.5. The van der Waals surface area contributed by atoms with E-state index in [0.29, 0.717) is 29.9 Å².